The molecule has 8 nitrogen and oxygen atoms in total. The Morgan fingerprint density at radius 3 is 2.97 bits per heavy atom. The van der Waals surface area contributed by atoms with Crippen LogP contribution in [0, 0.1) is 6.92 Å². The van der Waals surface area contributed by atoms with Crippen LogP contribution in [0.2, 0.25) is 0 Å². The Morgan fingerprint density at radius 2 is 2.13 bits per heavy atom. The second kappa shape index (κ2) is 7.49. The summed E-state index contributed by atoms with van der Waals surface area (Å²) in [5.41, 5.74) is 8.55. The highest BCUT2D eigenvalue weighted by Crippen LogP contribution is 2.37. The van der Waals surface area contributed by atoms with E-state index < -0.39 is 5.97 Å². The van der Waals surface area contributed by atoms with Crippen molar-refractivity contribution in [2.75, 3.05) is 5.73 Å². The molecule has 0 aromatic carbocycles. The molecule has 4 heterocycles. The first-order valence-electron chi connectivity index (χ1n) is 9.81. The molecular weight excluding hydrogens is 400 g/mol. The Balaban J connectivity index is 1.36. The number of nitrogen functional groups attached to an aromatic ring is 1. The SMILES string of the molecule is Cc1c(C(=O)OCc2nc(N)c3c4c(sc3n2)CCCC4)cnn1-c1ccccn1. The van der Waals surface area contributed by atoms with Crippen LogP contribution in [0.15, 0.2) is 30.6 Å². The van der Waals surface area contributed by atoms with Crippen molar-refractivity contribution < 1.29 is 9.53 Å². The summed E-state index contributed by atoms with van der Waals surface area (Å²) in [6.45, 7) is 1.75. The Bertz CT molecular complexity index is 1250. The normalized spacial score (nSPS) is 13.4. The largest absolute Gasteiger partial charge is 0.454 e. The summed E-state index contributed by atoms with van der Waals surface area (Å²) in [6, 6.07) is 5.51. The zero-order valence-electron chi connectivity index (χ0n) is 16.5. The van der Waals surface area contributed by atoms with Crippen molar-refractivity contribution in [3.63, 3.8) is 0 Å². The number of pyridine rings is 1. The fourth-order valence-electron chi connectivity index (χ4n) is 3.82. The number of carbonyl (C=O) groups excluding carboxylic acids is 1. The molecule has 0 spiro atoms. The fourth-order valence-corrected chi connectivity index (χ4v) is 5.11. The third-order valence-electron chi connectivity index (χ3n) is 5.32. The van der Waals surface area contributed by atoms with E-state index in [4.69, 9.17) is 10.5 Å². The third kappa shape index (κ3) is 3.21. The van der Waals surface area contributed by atoms with Gasteiger partial charge in [-0.1, -0.05) is 6.07 Å². The number of hydrogen-bond acceptors (Lipinski definition) is 8. The van der Waals surface area contributed by atoms with Crippen molar-refractivity contribution >= 4 is 33.3 Å². The van der Waals surface area contributed by atoms with E-state index in [0.717, 1.165) is 23.1 Å². The molecule has 0 saturated carbocycles. The molecule has 0 unspecified atom stereocenters. The number of nitrogens with two attached hydrogens (primary N) is 1. The number of fused-ring (bicyclic) bond motifs is 3. The second-order valence-electron chi connectivity index (χ2n) is 7.24. The molecule has 4 aromatic rings. The zero-order chi connectivity index (χ0) is 20.7. The number of anilines is 1. The van der Waals surface area contributed by atoms with E-state index in [1.54, 1.807) is 29.1 Å². The molecule has 30 heavy (non-hydrogen) atoms. The minimum Gasteiger partial charge on any atom is -0.454 e. The van der Waals surface area contributed by atoms with Crippen LogP contribution in [0.25, 0.3) is 16.0 Å². The molecule has 0 atom stereocenters. The molecule has 0 radical (unpaired) electrons. The molecule has 2 N–H and O–H groups in total. The first-order valence-corrected chi connectivity index (χ1v) is 10.6. The van der Waals surface area contributed by atoms with Crippen LogP contribution in [0.1, 0.15) is 45.2 Å². The topological polar surface area (TPSA) is 109 Å². The van der Waals surface area contributed by atoms with Crippen molar-refractivity contribution in [3.05, 3.63) is 58.1 Å². The van der Waals surface area contributed by atoms with Crippen molar-refractivity contribution in [2.24, 2.45) is 0 Å². The van der Waals surface area contributed by atoms with Gasteiger partial charge < -0.3 is 10.5 Å². The molecule has 9 heteroatoms. The van der Waals surface area contributed by atoms with Gasteiger partial charge in [0.15, 0.2) is 18.2 Å². The summed E-state index contributed by atoms with van der Waals surface area (Å²) < 4.78 is 7.07. The summed E-state index contributed by atoms with van der Waals surface area (Å²) in [5.74, 6) is 1.02. The number of carbonyl (C=O) groups is 1. The number of ether oxygens (including phenoxy) is 1. The number of nitrogens with zero attached hydrogens (tertiary/aromatic N) is 5. The number of aryl methyl sites for hydroxylation is 2. The van der Waals surface area contributed by atoms with Crippen LogP contribution >= 0.6 is 11.3 Å². The van der Waals surface area contributed by atoms with Crippen LogP contribution < -0.4 is 5.73 Å². The summed E-state index contributed by atoms with van der Waals surface area (Å²) in [7, 11) is 0. The van der Waals surface area contributed by atoms with Gasteiger partial charge in [0.1, 0.15) is 16.2 Å². The monoisotopic (exact) mass is 420 g/mol. The maximum absolute atomic E-state index is 12.6. The summed E-state index contributed by atoms with van der Waals surface area (Å²) in [4.78, 5) is 28.1. The first-order chi connectivity index (χ1) is 14.6. The minimum atomic E-state index is -0.484. The molecule has 152 valence electrons. The number of rotatable bonds is 4. The highest BCUT2D eigenvalue weighted by atomic mass is 32.1. The van der Waals surface area contributed by atoms with E-state index in [2.05, 4.69) is 20.1 Å². The highest BCUT2D eigenvalue weighted by Gasteiger charge is 2.21. The Morgan fingerprint density at radius 1 is 1.27 bits per heavy atom. The Hall–Kier alpha value is -3.33. The first kappa shape index (κ1) is 18.7. The smallest absolute Gasteiger partial charge is 0.342 e. The van der Waals surface area contributed by atoms with Crippen molar-refractivity contribution in [2.45, 2.75) is 39.2 Å². The van der Waals surface area contributed by atoms with Crippen LogP contribution in [-0.4, -0.2) is 30.7 Å². The zero-order valence-corrected chi connectivity index (χ0v) is 17.3. The van der Waals surface area contributed by atoms with Gasteiger partial charge in [-0.2, -0.15) is 5.10 Å². The van der Waals surface area contributed by atoms with E-state index in [1.807, 2.05) is 18.2 Å². The minimum absolute atomic E-state index is 0.0459. The summed E-state index contributed by atoms with van der Waals surface area (Å²) in [6.07, 6.45) is 7.62. The second-order valence-corrected chi connectivity index (χ2v) is 8.32. The summed E-state index contributed by atoms with van der Waals surface area (Å²) >= 11 is 1.67. The molecule has 1 aliphatic rings. The van der Waals surface area contributed by atoms with Crippen LogP contribution in [-0.2, 0) is 24.2 Å². The van der Waals surface area contributed by atoms with Gasteiger partial charge in [-0.25, -0.2) is 24.4 Å². The van der Waals surface area contributed by atoms with E-state index in [1.165, 1.54) is 29.5 Å². The maximum Gasteiger partial charge on any atom is 0.342 e. The molecule has 0 amide bonds. The maximum atomic E-state index is 12.6. The van der Waals surface area contributed by atoms with Gasteiger partial charge in [-0.05, 0) is 50.3 Å². The quantitative estimate of drug-likeness (QED) is 0.504. The van der Waals surface area contributed by atoms with Crippen molar-refractivity contribution in [3.8, 4) is 5.82 Å². The molecule has 0 aliphatic heterocycles. The molecule has 1 aliphatic carbocycles. The molecule has 4 aromatic heterocycles. The van der Waals surface area contributed by atoms with Gasteiger partial charge in [-0.15, -0.1) is 11.3 Å². The average Bonchev–Trinajstić information content (AvgIpc) is 3.33. The van der Waals surface area contributed by atoms with Gasteiger partial charge in [0.25, 0.3) is 0 Å². The van der Waals surface area contributed by atoms with Gasteiger partial charge in [0.2, 0.25) is 0 Å². The summed E-state index contributed by atoms with van der Waals surface area (Å²) in [5, 5.41) is 5.23. The predicted molar refractivity (Wildman–Crippen MR) is 114 cm³/mol. The lowest BCUT2D eigenvalue weighted by Crippen LogP contribution is -2.10. The van der Waals surface area contributed by atoms with Gasteiger partial charge in [0.05, 0.1) is 17.3 Å². The molecule has 0 saturated heterocycles. The lowest BCUT2D eigenvalue weighted by atomic mass is 9.97. The van der Waals surface area contributed by atoms with E-state index >= 15 is 0 Å². The molecular formula is C21H20N6O2S. The molecule has 0 fully saturated rings. The fraction of sp³-hybridized carbons (Fsp3) is 0.286. The van der Waals surface area contributed by atoms with Gasteiger partial charge in [0, 0.05) is 11.1 Å². The van der Waals surface area contributed by atoms with Crippen LogP contribution in [0.5, 0.6) is 0 Å². The number of hydrogen-bond donors (Lipinski definition) is 1. The number of esters is 1. The highest BCUT2D eigenvalue weighted by molar-refractivity contribution is 7.19. The average molecular weight is 420 g/mol. The van der Waals surface area contributed by atoms with E-state index in [-0.39, 0.29) is 6.61 Å². The third-order valence-corrected chi connectivity index (χ3v) is 6.50. The number of thiophene rings is 1. The lowest BCUT2D eigenvalue weighted by Gasteiger charge is -2.10. The van der Waals surface area contributed by atoms with Gasteiger partial charge >= 0.3 is 5.97 Å². The van der Waals surface area contributed by atoms with E-state index in [9.17, 15) is 4.79 Å². The van der Waals surface area contributed by atoms with E-state index in [0.29, 0.717) is 28.7 Å². The van der Waals surface area contributed by atoms with Gasteiger partial charge in [-0.3, -0.25) is 0 Å². The Labute approximate surface area is 176 Å². The standard InChI is InChI=1S/C21H20N6O2S/c1-12-14(10-24-27(12)17-8-4-5-9-23-17)21(28)29-11-16-25-19(22)18-13-6-2-3-7-15(13)30-20(18)26-16/h4-5,8-10H,2-3,6-7,11H2,1H3,(H2,22,25,26). The molecule has 0 bridgehead atoms. The van der Waals surface area contributed by atoms with Crippen molar-refractivity contribution in [1.82, 2.24) is 24.7 Å². The Kier molecular flexibility index (Phi) is 4.66. The predicted octanol–water partition coefficient (Wildman–Crippen LogP) is 3.40. The van der Waals surface area contributed by atoms with Crippen LogP contribution in [0.4, 0.5) is 5.82 Å². The molecule has 5 rings (SSSR count). The number of aromatic nitrogens is 5. The van der Waals surface area contributed by atoms with Crippen LogP contribution in [0.3, 0.4) is 0 Å². The van der Waals surface area contributed by atoms with Crippen molar-refractivity contribution in [1.29, 1.82) is 0 Å². The lowest BCUT2D eigenvalue weighted by molar-refractivity contribution is 0.0462.